The fourth-order valence-electron chi connectivity index (χ4n) is 6.33. The molecule has 5 rings (SSSR count). The summed E-state index contributed by atoms with van der Waals surface area (Å²) in [5.74, 6) is 4.08. The third kappa shape index (κ3) is 7.20. The van der Waals surface area contributed by atoms with Crippen LogP contribution in [0.3, 0.4) is 0 Å². The molecule has 6 heteroatoms. The number of carbonyl (C=O) groups is 1. The molecule has 1 aromatic heterocycles. The number of nitrogens with one attached hydrogen (secondary N) is 1. The first-order chi connectivity index (χ1) is 19.3. The largest absolute Gasteiger partial charge is 0.374 e. The van der Waals surface area contributed by atoms with Gasteiger partial charge in [0.15, 0.2) is 0 Å². The summed E-state index contributed by atoms with van der Waals surface area (Å²) in [6.45, 7) is 11.4. The lowest BCUT2D eigenvalue weighted by Crippen LogP contribution is -2.27. The first kappa shape index (κ1) is 28.5. The van der Waals surface area contributed by atoms with Crippen molar-refractivity contribution in [3.63, 3.8) is 0 Å². The second-order valence-corrected chi connectivity index (χ2v) is 12.8. The molecule has 2 aliphatic rings. The van der Waals surface area contributed by atoms with Gasteiger partial charge in [0.1, 0.15) is 11.6 Å². The number of aryl methyl sites for hydroxylation is 2. The van der Waals surface area contributed by atoms with Gasteiger partial charge in [0, 0.05) is 30.0 Å². The number of nitrogens with zero attached hydrogens (tertiary/aromatic N) is 3. The van der Waals surface area contributed by atoms with Crippen molar-refractivity contribution in [1.82, 2.24) is 14.8 Å². The maximum atomic E-state index is 13.4. The summed E-state index contributed by atoms with van der Waals surface area (Å²) >= 11 is 0. The van der Waals surface area contributed by atoms with Crippen LogP contribution in [0.15, 0.2) is 48.5 Å². The summed E-state index contributed by atoms with van der Waals surface area (Å²) in [6.07, 6.45) is 7.10. The molecule has 1 N–H and O–H groups in total. The molecule has 6 nitrogen and oxygen atoms in total. The van der Waals surface area contributed by atoms with Crippen LogP contribution in [-0.2, 0) is 16.1 Å². The fraction of sp³-hybridized carbons (Fsp3) is 0.559. The first-order valence-electron chi connectivity index (χ1n) is 15.2. The maximum Gasteiger partial charge on any atom is 0.225 e. The van der Waals surface area contributed by atoms with Gasteiger partial charge in [-0.05, 0) is 88.3 Å². The van der Waals surface area contributed by atoms with Crippen LogP contribution in [0.4, 0.5) is 5.69 Å². The fourth-order valence-corrected chi connectivity index (χ4v) is 6.33. The van der Waals surface area contributed by atoms with Crippen molar-refractivity contribution in [2.75, 3.05) is 5.32 Å². The van der Waals surface area contributed by atoms with Gasteiger partial charge in [0.2, 0.25) is 5.91 Å². The van der Waals surface area contributed by atoms with E-state index in [1.807, 2.05) is 37.3 Å². The molecule has 0 unspecified atom stereocenters. The lowest BCUT2D eigenvalue weighted by molar-refractivity contribution is -0.116. The van der Waals surface area contributed by atoms with Gasteiger partial charge in [-0.15, -0.1) is 10.2 Å². The zero-order chi connectivity index (χ0) is 28.2. The van der Waals surface area contributed by atoms with Crippen molar-refractivity contribution >= 4 is 11.6 Å². The number of ether oxygens (including phenoxy) is 1. The SMILES string of the molecule is Cc1ccc(NC(=O)C[C@H](C[C@H](C)OCc2ccccc2)c2nnc([C@H]3C[C@@H](CC(C)C)C3)n2C2CC2)c(C)c1. The van der Waals surface area contributed by atoms with E-state index in [0.29, 0.717) is 25.0 Å². The monoisotopic (exact) mass is 542 g/mol. The molecule has 214 valence electrons. The van der Waals surface area contributed by atoms with Crippen LogP contribution in [0.1, 0.15) is 112 Å². The molecule has 0 bridgehead atoms. The van der Waals surface area contributed by atoms with Crippen LogP contribution in [0.2, 0.25) is 0 Å². The highest BCUT2D eigenvalue weighted by molar-refractivity contribution is 5.92. The summed E-state index contributed by atoms with van der Waals surface area (Å²) in [6, 6.07) is 16.9. The van der Waals surface area contributed by atoms with Crippen molar-refractivity contribution in [2.45, 2.75) is 110 Å². The second kappa shape index (κ2) is 12.7. The normalized spacial score (nSPS) is 20.2. The van der Waals surface area contributed by atoms with E-state index in [1.54, 1.807) is 0 Å². The Labute approximate surface area is 239 Å². The molecule has 0 radical (unpaired) electrons. The highest BCUT2D eigenvalue weighted by Crippen LogP contribution is 2.48. The summed E-state index contributed by atoms with van der Waals surface area (Å²) in [4.78, 5) is 13.4. The third-order valence-corrected chi connectivity index (χ3v) is 8.51. The average molecular weight is 543 g/mol. The zero-order valence-electron chi connectivity index (χ0n) is 24.9. The van der Waals surface area contributed by atoms with Gasteiger partial charge in [-0.3, -0.25) is 4.79 Å². The Hall–Kier alpha value is -2.99. The molecule has 40 heavy (non-hydrogen) atoms. The van der Waals surface area contributed by atoms with E-state index in [1.165, 1.54) is 37.7 Å². The molecule has 2 atom stereocenters. The van der Waals surface area contributed by atoms with Crippen molar-refractivity contribution in [3.8, 4) is 0 Å². The van der Waals surface area contributed by atoms with Gasteiger partial charge in [0.05, 0.1) is 12.7 Å². The van der Waals surface area contributed by atoms with Crippen LogP contribution in [0, 0.1) is 25.7 Å². The molecule has 1 amide bonds. The Kier molecular flexibility index (Phi) is 9.04. The van der Waals surface area contributed by atoms with Crippen LogP contribution in [0.5, 0.6) is 0 Å². The molecular weight excluding hydrogens is 496 g/mol. The highest BCUT2D eigenvalue weighted by Gasteiger charge is 2.40. The third-order valence-electron chi connectivity index (χ3n) is 8.51. The van der Waals surface area contributed by atoms with Crippen molar-refractivity contribution in [1.29, 1.82) is 0 Å². The maximum absolute atomic E-state index is 13.4. The van der Waals surface area contributed by atoms with E-state index < -0.39 is 0 Å². The number of carbonyl (C=O) groups excluding carboxylic acids is 1. The number of hydrogen-bond donors (Lipinski definition) is 1. The molecule has 0 saturated heterocycles. The lowest BCUT2D eigenvalue weighted by atomic mass is 9.71. The van der Waals surface area contributed by atoms with Crippen LogP contribution >= 0.6 is 0 Å². The second-order valence-electron chi connectivity index (χ2n) is 12.8. The zero-order valence-corrected chi connectivity index (χ0v) is 24.9. The molecule has 1 heterocycles. The van der Waals surface area contributed by atoms with Crippen molar-refractivity contribution < 1.29 is 9.53 Å². The Balaban J connectivity index is 1.34. The van der Waals surface area contributed by atoms with E-state index in [2.05, 4.69) is 55.8 Å². The number of aromatic nitrogens is 3. The van der Waals surface area contributed by atoms with E-state index >= 15 is 0 Å². The predicted octanol–water partition coefficient (Wildman–Crippen LogP) is 7.88. The Morgan fingerprint density at radius 2 is 1.80 bits per heavy atom. The van der Waals surface area contributed by atoms with Gasteiger partial charge in [-0.2, -0.15) is 0 Å². The van der Waals surface area contributed by atoms with Gasteiger partial charge in [0.25, 0.3) is 0 Å². The molecule has 2 saturated carbocycles. The van der Waals surface area contributed by atoms with Gasteiger partial charge in [-0.25, -0.2) is 0 Å². The van der Waals surface area contributed by atoms with E-state index in [-0.39, 0.29) is 17.9 Å². The molecule has 0 spiro atoms. The van der Waals surface area contributed by atoms with Gasteiger partial charge < -0.3 is 14.6 Å². The minimum Gasteiger partial charge on any atom is -0.374 e. The summed E-state index contributed by atoms with van der Waals surface area (Å²) in [7, 11) is 0. The summed E-state index contributed by atoms with van der Waals surface area (Å²) in [5, 5.41) is 12.8. The molecular formula is C34H46N4O2. The summed E-state index contributed by atoms with van der Waals surface area (Å²) in [5.41, 5.74) is 4.30. The van der Waals surface area contributed by atoms with Crippen LogP contribution < -0.4 is 5.32 Å². The van der Waals surface area contributed by atoms with Crippen molar-refractivity contribution in [2.24, 2.45) is 11.8 Å². The predicted molar refractivity (Wildman–Crippen MR) is 160 cm³/mol. The van der Waals surface area contributed by atoms with Crippen molar-refractivity contribution in [3.05, 3.63) is 76.9 Å². The number of hydrogen-bond acceptors (Lipinski definition) is 4. The number of rotatable bonds is 13. The number of amides is 1. The standard InChI is InChI=1S/C34H46N4O2/c1-22(2)15-27-18-29(19-27)34-37-36-33(38(34)30-12-13-30)28(17-25(5)40-21-26-9-7-6-8-10-26)20-32(39)35-31-14-11-23(3)16-24(31)4/h6-11,14,16,22,25,27-30H,12-13,15,17-21H2,1-5H3,(H,35,39)/t25-,27-,28-,29+/m0/s1. The Morgan fingerprint density at radius 3 is 2.48 bits per heavy atom. The number of anilines is 1. The summed E-state index contributed by atoms with van der Waals surface area (Å²) < 4.78 is 8.70. The molecule has 2 aliphatic carbocycles. The minimum absolute atomic E-state index is 0.0137. The topological polar surface area (TPSA) is 69.0 Å². The van der Waals surface area contributed by atoms with Gasteiger partial charge >= 0.3 is 0 Å². The van der Waals surface area contributed by atoms with E-state index in [4.69, 9.17) is 14.9 Å². The van der Waals surface area contributed by atoms with Crippen LogP contribution in [0.25, 0.3) is 0 Å². The lowest BCUT2D eigenvalue weighted by Gasteiger charge is -2.36. The smallest absolute Gasteiger partial charge is 0.225 e. The van der Waals surface area contributed by atoms with Crippen LogP contribution in [-0.4, -0.2) is 26.8 Å². The molecule has 2 aromatic carbocycles. The van der Waals surface area contributed by atoms with E-state index in [9.17, 15) is 4.79 Å². The van der Waals surface area contributed by atoms with E-state index in [0.717, 1.165) is 46.7 Å². The molecule has 3 aromatic rings. The van der Waals surface area contributed by atoms with Gasteiger partial charge in [-0.1, -0.05) is 61.9 Å². The minimum atomic E-state index is -0.0649. The first-order valence-corrected chi connectivity index (χ1v) is 15.2. The number of benzene rings is 2. The molecule has 2 fully saturated rings. The Bertz CT molecular complexity index is 1270. The highest BCUT2D eigenvalue weighted by atomic mass is 16.5. The molecule has 0 aliphatic heterocycles. The average Bonchev–Trinajstić information content (AvgIpc) is 3.64. The Morgan fingerprint density at radius 1 is 1.05 bits per heavy atom. The quantitative estimate of drug-likeness (QED) is 0.239.